The second-order valence-electron chi connectivity index (χ2n) is 8.10. The van der Waals surface area contributed by atoms with Crippen molar-refractivity contribution in [2.45, 2.75) is 12.5 Å². The van der Waals surface area contributed by atoms with Crippen LogP contribution in [0.15, 0.2) is 47.6 Å². The molecule has 1 unspecified atom stereocenters. The number of aliphatic carboxylic acids is 1. The van der Waals surface area contributed by atoms with Gasteiger partial charge >= 0.3 is 5.97 Å². The first-order valence-corrected chi connectivity index (χ1v) is 10.9. The molecule has 1 saturated heterocycles. The predicted octanol–water partition coefficient (Wildman–Crippen LogP) is 0.491. The highest BCUT2D eigenvalue weighted by molar-refractivity contribution is 5.97. The molecule has 0 saturated carbocycles. The predicted molar refractivity (Wildman–Crippen MR) is 123 cm³/mol. The van der Waals surface area contributed by atoms with Crippen LogP contribution in [0.3, 0.4) is 0 Å². The van der Waals surface area contributed by atoms with Gasteiger partial charge in [-0.15, -0.1) is 0 Å². The van der Waals surface area contributed by atoms with E-state index in [9.17, 15) is 19.5 Å². The van der Waals surface area contributed by atoms with Crippen molar-refractivity contribution in [3.05, 3.63) is 53.6 Å². The number of carbonyl (C=O) groups is 3. The number of rotatable bonds is 8. The van der Waals surface area contributed by atoms with Crippen LogP contribution in [-0.2, 0) is 14.4 Å². The summed E-state index contributed by atoms with van der Waals surface area (Å²) < 4.78 is 10.6. The van der Waals surface area contributed by atoms with Gasteiger partial charge in [0.05, 0.1) is 25.6 Å². The van der Waals surface area contributed by atoms with Gasteiger partial charge in [-0.05, 0) is 42.0 Å². The number of benzene rings is 2. The minimum atomic E-state index is -1.07. The van der Waals surface area contributed by atoms with Crippen LogP contribution in [0.2, 0.25) is 0 Å². The summed E-state index contributed by atoms with van der Waals surface area (Å²) in [6.45, 7) is 0.801. The molecule has 2 aliphatic heterocycles. The van der Waals surface area contributed by atoms with E-state index in [1.54, 1.807) is 42.5 Å². The van der Waals surface area contributed by atoms with Gasteiger partial charge in [0, 0.05) is 24.3 Å². The number of oxime groups is 1. The van der Waals surface area contributed by atoms with E-state index in [1.165, 1.54) is 4.90 Å². The normalized spacial score (nSPS) is 16.2. The Labute approximate surface area is 200 Å². The van der Waals surface area contributed by atoms with E-state index < -0.39 is 17.9 Å². The number of hydrogen-bond acceptors (Lipinski definition) is 8. The molecule has 4 rings (SSSR count). The Bertz CT molecular complexity index is 1150. The zero-order valence-corrected chi connectivity index (χ0v) is 18.7. The molecule has 35 heavy (non-hydrogen) atoms. The fourth-order valence-corrected chi connectivity index (χ4v) is 3.97. The molecule has 184 valence electrons. The zero-order valence-electron chi connectivity index (χ0n) is 18.7. The standard InChI is InChI=1S/C23H25N5O7/c24-23(26-33)14-1-4-16(5-2-14)27-7-8-28(21(30)12-27)11-20(29)25-17(10-22(31)32)15-3-6-18-19(9-15)35-13-34-18/h1-6,9,17,33H,7-8,10-13H2,(H2,24,26)(H,25,29)(H,31,32). The van der Waals surface area contributed by atoms with E-state index in [1.807, 2.05) is 4.90 Å². The van der Waals surface area contributed by atoms with Crippen molar-refractivity contribution in [3.8, 4) is 11.5 Å². The second-order valence-corrected chi connectivity index (χ2v) is 8.10. The van der Waals surface area contributed by atoms with Gasteiger partial charge < -0.3 is 40.6 Å². The monoisotopic (exact) mass is 483 g/mol. The molecule has 2 aliphatic rings. The van der Waals surface area contributed by atoms with Crippen molar-refractivity contribution in [2.75, 3.05) is 37.9 Å². The summed E-state index contributed by atoms with van der Waals surface area (Å²) in [5.41, 5.74) is 7.49. The van der Waals surface area contributed by atoms with Crippen molar-refractivity contribution < 1.29 is 34.2 Å². The molecule has 0 aliphatic carbocycles. The Morgan fingerprint density at radius 3 is 2.54 bits per heavy atom. The van der Waals surface area contributed by atoms with Gasteiger partial charge in [-0.1, -0.05) is 11.2 Å². The van der Waals surface area contributed by atoms with E-state index >= 15 is 0 Å². The topological polar surface area (TPSA) is 167 Å². The third kappa shape index (κ3) is 5.54. The Morgan fingerprint density at radius 1 is 1.11 bits per heavy atom. The highest BCUT2D eigenvalue weighted by Gasteiger charge is 2.28. The molecule has 0 radical (unpaired) electrons. The van der Waals surface area contributed by atoms with Crippen LogP contribution in [0, 0.1) is 0 Å². The number of nitrogens with one attached hydrogen (secondary N) is 1. The van der Waals surface area contributed by atoms with Crippen LogP contribution in [0.5, 0.6) is 11.5 Å². The number of anilines is 1. The number of nitrogens with two attached hydrogens (primary N) is 1. The zero-order chi connectivity index (χ0) is 24.9. The van der Waals surface area contributed by atoms with Gasteiger partial charge in [-0.25, -0.2) is 0 Å². The quantitative estimate of drug-likeness (QED) is 0.181. The first-order chi connectivity index (χ1) is 16.8. The van der Waals surface area contributed by atoms with E-state index in [0.29, 0.717) is 35.7 Å². The fourth-order valence-electron chi connectivity index (χ4n) is 3.97. The third-order valence-corrected chi connectivity index (χ3v) is 5.80. The summed E-state index contributed by atoms with van der Waals surface area (Å²) >= 11 is 0. The number of ether oxygens (including phenoxy) is 2. The molecule has 2 aromatic carbocycles. The molecule has 0 bridgehead atoms. The Hall–Kier alpha value is -4.48. The van der Waals surface area contributed by atoms with Gasteiger partial charge in [0.25, 0.3) is 0 Å². The number of carboxylic acids is 1. The minimum Gasteiger partial charge on any atom is -0.481 e. The summed E-state index contributed by atoms with van der Waals surface area (Å²) in [7, 11) is 0. The second kappa shape index (κ2) is 10.2. The fraction of sp³-hybridized carbons (Fsp3) is 0.304. The lowest BCUT2D eigenvalue weighted by molar-refractivity contribution is -0.139. The molecule has 0 aromatic heterocycles. The largest absolute Gasteiger partial charge is 0.481 e. The van der Waals surface area contributed by atoms with E-state index in [-0.39, 0.29) is 38.0 Å². The molecule has 5 N–H and O–H groups in total. The average molecular weight is 483 g/mol. The number of amides is 2. The van der Waals surface area contributed by atoms with Crippen LogP contribution >= 0.6 is 0 Å². The van der Waals surface area contributed by atoms with Gasteiger partial charge in [-0.2, -0.15) is 0 Å². The highest BCUT2D eigenvalue weighted by Crippen LogP contribution is 2.34. The van der Waals surface area contributed by atoms with Crippen LogP contribution < -0.4 is 25.4 Å². The third-order valence-electron chi connectivity index (χ3n) is 5.80. The van der Waals surface area contributed by atoms with Crippen molar-refractivity contribution in [1.82, 2.24) is 10.2 Å². The van der Waals surface area contributed by atoms with Crippen molar-refractivity contribution in [2.24, 2.45) is 10.9 Å². The number of nitrogens with zero attached hydrogens (tertiary/aromatic N) is 3. The molecular formula is C23H25N5O7. The maximum Gasteiger partial charge on any atom is 0.305 e. The summed E-state index contributed by atoms with van der Waals surface area (Å²) in [4.78, 5) is 40.1. The molecule has 12 heteroatoms. The Balaban J connectivity index is 1.36. The minimum absolute atomic E-state index is 0.00888. The first kappa shape index (κ1) is 23.7. The van der Waals surface area contributed by atoms with Crippen molar-refractivity contribution >= 4 is 29.3 Å². The van der Waals surface area contributed by atoms with Gasteiger partial charge in [0.2, 0.25) is 18.6 Å². The van der Waals surface area contributed by atoms with Crippen LogP contribution in [0.1, 0.15) is 23.6 Å². The molecular weight excluding hydrogens is 458 g/mol. The van der Waals surface area contributed by atoms with E-state index in [0.717, 1.165) is 5.69 Å². The molecule has 2 amide bonds. The SMILES string of the molecule is NC(=NO)c1ccc(N2CCN(CC(=O)NC(CC(=O)O)c3ccc4c(c3)OCO4)C(=O)C2)cc1. The van der Waals surface area contributed by atoms with Gasteiger partial charge in [0.15, 0.2) is 17.3 Å². The van der Waals surface area contributed by atoms with Gasteiger partial charge in [0.1, 0.15) is 0 Å². The summed E-state index contributed by atoms with van der Waals surface area (Å²) in [6.07, 6.45) is -0.325. The number of hydrogen-bond donors (Lipinski definition) is 4. The lowest BCUT2D eigenvalue weighted by atomic mass is 10.0. The van der Waals surface area contributed by atoms with Crippen LogP contribution in [0.4, 0.5) is 5.69 Å². The van der Waals surface area contributed by atoms with E-state index in [2.05, 4.69) is 10.5 Å². The van der Waals surface area contributed by atoms with Crippen molar-refractivity contribution in [3.63, 3.8) is 0 Å². The molecule has 0 spiro atoms. The first-order valence-electron chi connectivity index (χ1n) is 10.9. The van der Waals surface area contributed by atoms with Crippen LogP contribution in [0.25, 0.3) is 0 Å². The molecule has 2 heterocycles. The number of carboxylic acid groups (broad SMARTS) is 1. The Kier molecular flexibility index (Phi) is 6.90. The van der Waals surface area contributed by atoms with Crippen molar-refractivity contribution in [1.29, 1.82) is 0 Å². The van der Waals surface area contributed by atoms with E-state index in [4.69, 9.17) is 20.4 Å². The number of fused-ring (bicyclic) bond motifs is 1. The maximum atomic E-state index is 12.7. The Morgan fingerprint density at radius 2 is 1.86 bits per heavy atom. The molecule has 12 nitrogen and oxygen atoms in total. The smallest absolute Gasteiger partial charge is 0.305 e. The summed E-state index contributed by atoms with van der Waals surface area (Å²) in [5, 5.41) is 23.8. The number of carbonyl (C=O) groups excluding carboxylic acids is 2. The lowest BCUT2D eigenvalue weighted by Gasteiger charge is -2.35. The highest BCUT2D eigenvalue weighted by atomic mass is 16.7. The average Bonchev–Trinajstić information content (AvgIpc) is 3.32. The van der Waals surface area contributed by atoms with Gasteiger partial charge in [-0.3, -0.25) is 14.4 Å². The molecule has 1 atom stereocenters. The molecule has 1 fully saturated rings. The molecule has 2 aromatic rings. The summed E-state index contributed by atoms with van der Waals surface area (Å²) in [6, 6.07) is 11.1. The lowest BCUT2D eigenvalue weighted by Crippen LogP contribution is -2.53. The maximum absolute atomic E-state index is 12.7. The number of piperazine rings is 1. The van der Waals surface area contributed by atoms with Crippen LogP contribution in [-0.4, -0.2) is 71.8 Å². The number of amidine groups is 1. The summed E-state index contributed by atoms with van der Waals surface area (Å²) in [5.74, 6) is -0.736.